The number of hydrogen-bond acceptors (Lipinski definition) is 4. The Morgan fingerprint density at radius 3 is 2.53 bits per heavy atom. The molecule has 0 amide bonds. The van der Waals surface area contributed by atoms with E-state index in [-0.39, 0.29) is 4.90 Å². The third-order valence-corrected chi connectivity index (χ3v) is 2.94. The summed E-state index contributed by atoms with van der Waals surface area (Å²) in [7, 11) is 0. The van der Waals surface area contributed by atoms with Crippen LogP contribution >= 0.6 is 11.8 Å². The van der Waals surface area contributed by atoms with Gasteiger partial charge in [0.1, 0.15) is 11.6 Å². The van der Waals surface area contributed by atoms with Gasteiger partial charge in [0.15, 0.2) is 5.16 Å². The second-order valence-corrected chi connectivity index (χ2v) is 4.26. The molecule has 17 heavy (non-hydrogen) atoms. The zero-order valence-electron chi connectivity index (χ0n) is 8.73. The predicted molar refractivity (Wildman–Crippen MR) is 60.4 cm³/mol. The van der Waals surface area contributed by atoms with Gasteiger partial charge in [0.25, 0.3) is 0 Å². The third kappa shape index (κ3) is 2.98. The molecule has 2 N–H and O–H groups in total. The van der Waals surface area contributed by atoms with Crippen molar-refractivity contribution in [1.82, 2.24) is 9.97 Å². The number of benzene rings is 1. The van der Waals surface area contributed by atoms with Crippen LogP contribution in [-0.2, 0) is 6.54 Å². The lowest BCUT2D eigenvalue weighted by Gasteiger charge is -2.02. The first-order chi connectivity index (χ1) is 8.19. The molecule has 0 aliphatic carbocycles. The van der Waals surface area contributed by atoms with Crippen LogP contribution in [0.15, 0.2) is 40.6 Å². The number of nitrogens with zero attached hydrogens (tertiary/aromatic N) is 2. The maximum Gasteiger partial charge on any atom is 0.192 e. The van der Waals surface area contributed by atoms with Crippen LogP contribution in [0.4, 0.5) is 8.78 Å². The molecule has 6 heteroatoms. The van der Waals surface area contributed by atoms with E-state index in [0.717, 1.165) is 35.5 Å². The Hall–Kier alpha value is -1.53. The summed E-state index contributed by atoms with van der Waals surface area (Å²) in [6, 6.07) is 3.25. The molecule has 0 aliphatic heterocycles. The molecule has 0 saturated carbocycles. The van der Waals surface area contributed by atoms with Crippen molar-refractivity contribution in [3.8, 4) is 0 Å². The first-order valence-electron chi connectivity index (χ1n) is 4.83. The lowest BCUT2D eigenvalue weighted by molar-refractivity contribution is 0.577. The summed E-state index contributed by atoms with van der Waals surface area (Å²) in [4.78, 5) is 8.15. The van der Waals surface area contributed by atoms with Gasteiger partial charge in [-0.25, -0.2) is 18.7 Å². The average molecular weight is 253 g/mol. The van der Waals surface area contributed by atoms with Crippen LogP contribution in [0.1, 0.15) is 5.56 Å². The van der Waals surface area contributed by atoms with Crippen LogP contribution in [0.3, 0.4) is 0 Å². The molecule has 0 bridgehead atoms. The molecule has 0 radical (unpaired) electrons. The number of hydrogen-bond donors (Lipinski definition) is 1. The summed E-state index contributed by atoms with van der Waals surface area (Å²) in [5.41, 5.74) is 6.19. The van der Waals surface area contributed by atoms with E-state index in [2.05, 4.69) is 9.97 Å². The fourth-order valence-corrected chi connectivity index (χ4v) is 1.90. The molecule has 1 aromatic carbocycles. The molecule has 88 valence electrons. The van der Waals surface area contributed by atoms with Gasteiger partial charge < -0.3 is 5.73 Å². The van der Waals surface area contributed by atoms with E-state index in [1.165, 1.54) is 0 Å². The Kier molecular flexibility index (Phi) is 3.65. The molecule has 3 nitrogen and oxygen atoms in total. The third-order valence-electron chi connectivity index (χ3n) is 2.01. The van der Waals surface area contributed by atoms with Crippen LogP contribution in [0.25, 0.3) is 0 Å². The van der Waals surface area contributed by atoms with Gasteiger partial charge in [-0.05, 0) is 30.0 Å². The molecular weight excluding hydrogens is 244 g/mol. The number of rotatable bonds is 3. The largest absolute Gasteiger partial charge is 0.326 e. The second-order valence-electron chi connectivity index (χ2n) is 3.25. The first-order valence-corrected chi connectivity index (χ1v) is 5.64. The lowest BCUT2D eigenvalue weighted by Crippen LogP contribution is -1.98. The summed E-state index contributed by atoms with van der Waals surface area (Å²) in [5, 5.41) is 0.353. The molecule has 0 atom stereocenters. The van der Waals surface area contributed by atoms with Crippen LogP contribution < -0.4 is 5.73 Å². The maximum absolute atomic E-state index is 13.3. The quantitative estimate of drug-likeness (QED) is 0.853. The highest BCUT2D eigenvalue weighted by molar-refractivity contribution is 7.99. The molecule has 0 aliphatic rings. The van der Waals surface area contributed by atoms with Gasteiger partial charge in [0.05, 0.1) is 4.90 Å². The highest BCUT2D eigenvalue weighted by atomic mass is 32.2. The van der Waals surface area contributed by atoms with Crippen LogP contribution in [-0.4, -0.2) is 9.97 Å². The Morgan fingerprint density at radius 2 is 1.88 bits per heavy atom. The molecule has 0 fully saturated rings. The van der Waals surface area contributed by atoms with Crippen molar-refractivity contribution < 1.29 is 8.78 Å². The van der Waals surface area contributed by atoms with Crippen molar-refractivity contribution in [1.29, 1.82) is 0 Å². The van der Waals surface area contributed by atoms with Gasteiger partial charge in [0.2, 0.25) is 0 Å². The lowest BCUT2D eigenvalue weighted by atomic mass is 10.3. The van der Waals surface area contributed by atoms with Crippen LogP contribution in [0.2, 0.25) is 0 Å². The van der Waals surface area contributed by atoms with Crippen molar-refractivity contribution >= 4 is 11.8 Å². The van der Waals surface area contributed by atoms with Gasteiger partial charge in [-0.15, -0.1) is 0 Å². The molecule has 0 saturated heterocycles. The Morgan fingerprint density at radius 1 is 1.18 bits per heavy atom. The molecular formula is C11H9F2N3S. The first kappa shape index (κ1) is 11.9. The van der Waals surface area contributed by atoms with Gasteiger partial charge in [-0.2, -0.15) is 0 Å². The van der Waals surface area contributed by atoms with E-state index in [1.54, 1.807) is 12.4 Å². The normalized spacial score (nSPS) is 10.5. The van der Waals surface area contributed by atoms with Gasteiger partial charge >= 0.3 is 0 Å². The van der Waals surface area contributed by atoms with Crippen molar-refractivity contribution in [2.24, 2.45) is 5.73 Å². The van der Waals surface area contributed by atoms with E-state index >= 15 is 0 Å². The van der Waals surface area contributed by atoms with E-state index in [9.17, 15) is 8.78 Å². The van der Waals surface area contributed by atoms with E-state index in [1.807, 2.05) is 0 Å². The van der Waals surface area contributed by atoms with E-state index < -0.39 is 11.6 Å². The standard InChI is InChI=1S/C11H9F2N3S/c12-8-1-2-9(13)10(3-8)17-11-15-5-7(4-14)6-16-11/h1-3,5-6H,4,14H2. The Bertz CT molecular complexity index is 517. The second kappa shape index (κ2) is 5.20. The monoisotopic (exact) mass is 253 g/mol. The SMILES string of the molecule is NCc1cnc(Sc2cc(F)ccc2F)nc1. The zero-order chi connectivity index (χ0) is 12.3. The highest BCUT2D eigenvalue weighted by Crippen LogP contribution is 2.27. The van der Waals surface area contributed by atoms with Crippen molar-refractivity contribution in [2.75, 3.05) is 0 Å². The molecule has 1 aromatic heterocycles. The smallest absolute Gasteiger partial charge is 0.192 e. The predicted octanol–water partition coefficient (Wildman–Crippen LogP) is 2.36. The van der Waals surface area contributed by atoms with Crippen LogP contribution in [0, 0.1) is 11.6 Å². The number of halogens is 2. The van der Waals surface area contributed by atoms with Gasteiger partial charge in [0, 0.05) is 24.5 Å². The summed E-state index contributed by atoms with van der Waals surface area (Å²) in [6.45, 7) is 0.347. The van der Waals surface area contributed by atoms with Crippen molar-refractivity contribution in [3.05, 3.63) is 47.8 Å². The number of nitrogens with two attached hydrogens (primary N) is 1. The maximum atomic E-state index is 13.3. The minimum absolute atomic E-state index is 0.158. The minimum atomic E-state index is -0.497. The Balaban J connectivity index is 2.22. The highest BCUT2D eigenvalue weighted by Gasteiger charge is 2.07. The molecule has 1 heterocycles. The fraction of sp³-hybridized carbons (Fsp3) is 0.0909. The molecule has 0 unspecified atom stereocenters. The van der Waals surface area contributed by atoms with E-state index in [0.29, 0.717) is 11.7 Å². The summed E-state index contributed by atoms with van der Waals surface area (Å²) in [6.07, 6.45) is 3.12. The van der Waals surface area contributed by atoms with Crippen molar-refractivity contribution in [3.63, 3.8) is 0 Å². The summed E-state index contributed by atoms with van der Waals surface area (Å²) in [5.74, 6) is -0.990. The summed E-state index contributed by atoms with van der Waals surface area (Å²) >= 11 is 0.970. The average Bonchev–Trinajstić information content (AvgIpc) is 2.35. The number of aromatic nitrogens is 2. The molecule has 2 rings (SSSR count). The van der Waals surface area contributed by atoms with Gasteiger partial charge in [-0.3, -0.25) is 0 Å². The summed E-state index contributed by atoms with van der Waals surface area (Å²) < 4.78 is 26.3. The molecule has 0 spiro atoms. The van der Waals surface area contributed by atoms with Crippen LogP contribution in [0.5, 0.6) is 0 Å². The minimum Gasteiger partial charge on any atom is -0.326 e. The van der Waals surface area contributed by atoms with Crippen molar-refractivity contribution in [2.45, 2.75) is 16.6 Å². The molecule has 2 aromatic rings. The van der Waals surface area contributed by atoms with E-state index in [4.69, 9.17) is 5.73 Å². The topological polar surface area (TPSA) is 51.8 Å². The fourth-order valence-electron chi connectivity index (χ4n) is 1.15. The Labute approximate surface area is 101 Å². The van der Waals surface area contributed by atoms with Gasteiger partial charge in [-0.1, -0.05) is 0 Å². The zero-order valence-corrected chi connectivity index (χ0v) is 9.55.